The number of ether oxygens (including phenoxy) is 1. The number of para-hydroxylation sites is 1. The average Bonchev–Trinajstić information content (AvgIpc) is 3.00. The fraction of sp³-hybridized carbons (Fsp3) is 0.444. The maximum atomic E-state index is 12.6. The second-order valence-corrected chi connectivity index (χ2v) is 10.9. The molecule has 1 amide bonds. The minimum absolute atomic E-state index is 0.0472. The Balaban J connectivity index is 1.37. The topological polar surface area (TPSA) is 67.9 Å². The number of hydroxylamine groups is 2. The van der Waals surface area contributed by atoms with Crippen molar-refractivity contribution in [2.45, 2.75) is 91.0 Å². The number of hydrogen-bond donors (Lipinski definition) is 1. The molecule has 0 aliphatic carbocycles. The normalized spacial score (nSPS) is 10.9. The molecule has 0 aromatic heterocycles. The van der Waals surface area contributed by atoms with E-state index in [1.807, 2.05) is 78.9 Å². The third-order valence-corrected chi connectivity index (χ3v) is 7.20. The monoisotopic (exact) mass is 572 g/mol. The SMILES string of the molecule is CCCCCCCCCCCCNC(=O)c1ccc(CN(CCc2ccc(Oc3ccccc3)cc2)OC(C)=O)cc1. The van der Waals surface area contributed by atoms with Crippen LogP contribution < -0.4 is 10.1 Å². The Kier molecular flexibility index (Phi) is 15.2. The van der Waals surface area contributed by atoms with E-state index in [1.54, 1.807) is 5.06 Å². The van der Waals surface area contributed by atoms with E-state index in [2.05, 4.69) is 12.2 Å². The molecule has 0 radical (unpaired) electrons. The van der Waals surface area contributed by atoms with E-state index >= 15 is 0 Å². The van der Waals surface area contributed by atoms with E-state index in [0.717, 1.165) is 35.5 Å². The summed E-state index contributed by atoms with van der Waals surface area (Å²) >= 11 is 0. The summed E-state index contributed by atoms with van der Waals surface area (Å²) in [6, 6.07) is 25.1. The van der Waals surface area contributed by atoms with Gasteiger partial charge in [-0.05, 0) is 60.4 Å². The van der Waals surface area contributed by atoms with Gasteiger partial charge in [0.2, 0.25) is 0 Å². The molecule has 0 spiro atoms. The highest BCUT2D eigenvalue weighted by Gasteiger charge is 2.12. The Morgan fingerprint density at radius 1 is 0.690 bits per heavy atom. The van der Waals surface area contributed by atoms with Gasteiger partial charge in [0.1, 0.15) is 11.5 Å². The Bertz CT molecular complexity index is 1160. The Morgan fingerprint density at radius 2 is 1.26 bits per heavy atom. The lowest BCUT2D eigenvalue weighted by molar-refractivity contribution is -0.190. The van der Waals surface area contributed by atoms with E-state index < -0.39 is 0 Å². The predicted molar refractivity (Wildman–Crippen MR) is 169 cm³/mol. The number of carbonyl (C=O) groups excluding carboxylic acids is 2. The van der Waals surface area contributed by atoms with E-state index in [1.165, 1.54) is 58.3 Å². The van der Waals surface area contributed by atoms with Gasteiger partial charge in [-0.15, -0.1) is 5.06 Å². The highest BCUT2D eigenvalue weighted by molar-refractivity contribution is 5.94. The molecule has 6 nitrogen and oxygen atoms in total. The zero-order valence-electron chi connectivity index (χ0n) is 25.5. The zero-order valence-corrected chi connectivity index (χ0v) is 25.5. The van der Waals surface area contributed by atoms with Crippen LogP contribution in [0.15, 0.2) is 78.9 Å². The number of rotatable bonds is 20. The van der Waals surface area contributed by atoms with Crippen LogP contribution in [0.1, 0.15) is 99.5 Å². The van der Waals surface area contributed by atoms with Crippen molar-refractivity contribution in [1.82, 2.24) is 10.4 Å². The van der Waals surface area contributed by atoms with Gasteiger partial charge in [-0.25, -0.2) is 0 Å². The second-order valence-electron chi connectivity index (χ2n) is 10.9. The van der Waals surface area contributed by atoms with Crippen LogP contribution in [-0.4, -0.2) is 30.0 Å². The Morgan fingerprint density at radius 3 is 1.88 bits per heavy atom. The summed E-state index contributed by atoms with van der Waals surface area (Å²) in [5, 5.41) is 4.70. The lowest BCUT2D eigenvalue weighted by atomic mass is 10.1. The highest BCUT2D eigenvalue weighted by Crippen LogP contribution is 2.21. The molecule has 1 N–H and O–H groups in total. The van der Waals surface area contributed by atoms with Crippen LogP contribution >= 0.6 is 0 Å². The molecule has 0 unspecified atom stereocenters. The first-order valence-electron chi connectivity index (χ1n) is 15.7. The fourth-order valence-electron chi connectivity index (χ4n) is 4.82. The minimum Gasteiger partial charge on any atom is -0.457 e. The van der Waals surface area contributed by atoms with Gasteiger partial charge in [0.25, 0.3) is 5.91 Å². The molecule has 0 atom stereocenters. The molecule has 0 saturated carbocycles. The lowest BCUT2D eigenvalue weighted by Crippen LogP contribution is -2.28. The van der Waals surface area contributed by atoms with E-state index in [-0.39, 0.29) is 11.9 Å². The molecule has 226 valence electrons. The second kappa shape index (κ2) is 19.5. The van der Waals surface area contributed by atoms with Crippen molar-refractivity contribution in [1.29, 1.82) is 0 Å². The van der Waals surface area contributed by atoms with Crippen LogP contribution in [0.25, 0.3) is 0 Å². The van der Waals surface area contributed by atoms with E-state index in [9.17, 15) is 9.59 Å². The molecule has 0 fully saturated rings. The smallest absolute Gasteiger partial charge is 0.322 e. The summed E-state index contributed by atoms with van der Waals surface area (Å²) in [5.74, 6) is 1.16. The van der Waals surface area contributed by atoms with Crippen LogP contribution in [0.4, 0.5) is 0 Å². The van der Waals surface area contributed by atoms with Crippen molar-refractivity contribution in [3.05, 3.63) is 95.6 Å². The fourth-order valence-corrected chi connectivity index (χ4v) is 4.82. The third kappa shape index (κ3) is 13.3. The first-order chi connectivity index (χ1) is 20.5. The van der Waals surface area contributed by atoms with Gasteiger partial charge >= 0.3 is 5.97 Å². The number of hydrogen-bond acceptors (Lipinski definition) is 5. The number of benzene rings is 3. The molecule has 3 rings (SSSR count). The van der Waals surface area contributed by atoms with Gasteiger partial charge in [-0.3, -0.25) is 9.59 Å². The van der Waals surface area contributed by atoms with Crippen molar-refractivity contribution >= 4 is 11.9 Å². The van der Waals surface area contributed by atoms with Crippen molar-refractivity contribution < 1.29 is 19.2 Å². The van der Waals surface area contributed by atoms with Crippen molar-refractivity contribution in [2.24, 2.45) is 0 Å². The highest BCUT2D eigenvalue weighted by atomic mass is 16.7. The molecular formula is C36H48N2O4. The van der Waals surface area contributed by atoms with Gasteiger partial charge < -0.3 is 14.9 Å². The van der Waals surface area contributed by atoms with Gasteiger partial charge in [0.15, 0.2) is 0 Å². The number of nitrogens with one attached hydrogen (secondary N) is 1. The molecule has 6 heteroatoms. The largest absolute Gasteiger partial charge is 0.457 e. The van der Waals surface area contributed by atoms with Crippen LogP contribution in [0.2, 0.25) is 0 Å². The van der Waals surface area contributed by atoms with Crippen molar-refractivity contribution in [3.63, 3.8) is 0 Å². The first-order valence-corrected chi connectivity index (χ1v) is 15.7. The Hall–Kier alpha value is -3.64. The molecule has 0 heterocycles. The molecule has 0 aliphatic heterocycles. The maximum Gasteiger partial charge on any atom is 0.322 e. The summed E-state index contributed by atoms with van der Waals surface area (Å²) < 4.78 is 5.87. The summed E-state index contributed by atoms with van der Waals surface area (Å²) in [4.78, 5) is 29.8. The third-order valence-electron chi connectivity index (χ3n) is 7.20. The van der Waals surface area contributed by atoms with Crippen molar-refractivity contribution in [3.8, 4) is 11.5 Å². The van der Waals surface area contributed by atoms with Crippen LogP contribution in [-0.2, 0) is 22.6 Å². The number of nitrogens with zero attached hydrogens (tertiary/aromatic N) is 1. The van der Waals surface area contributed by atoms with Crippen molar-refractivity contribution in [2.75, 3.05) is 13.1 Å². The first kappa shape index (κ1) is 32.9. The number of carbonyl (C=O) groups is 2. The minimum atomic E-state index is -0.357. The number of unbranched alkanes of at least 4 members (excludes halogenated alkanes) is 9. The summed E-state index contributed by atoms with van der Waals surface area (Å²) in [7, 11) is 0. The van der Waals surface area contributed by atoms with Crippen LogP contribution in [0.5, 0.6) is 11.5 Å². The lowest BCUT2D eigenvalue weighted by Gasteiger charge is -2.21. The van der Waals surface area contributed by atoms with Crippen LogP contribution in [0, 0.1) is 0 Å². The molecular weight excluding hydrogens is 524 g/mol. The maximum absolute atomic E-state index is 12.6. The Labute approximate surface area is 252 Å². The molecule has 0 bridgehead atoms. The molecule has 3 aromatic carbocycles. The van der Waals surface area contributed by atoms with Gasteiger partial charge in [0.05, 0.1) is 6.54 Å². The summed E-state index contributed by atoms with van der Waals surface area (Å²) in [6.07, 6.45) is 13.5. The summed E-state index contributed by atoms with van der Waals surface area (Å²) in [6.45, 7) is 5.35. The molecule has 0 saturated heterocycles. The van der Waals surface area contributed by atoms with Gasteiger partial charge in [-0.1, -0.05) is 107 Å². The molecule has 42 heavy (non-hydrogen) atoms. The van der Waals surface area contributed by atoms with Crippen LogP contribution in [0.3, 0.4) is 0 Å². The summed E-state index contributed by atoms with van der Waals surface area (Å²) in [5.41, 5.74) is 2.72. The zero-order chi connectivity index (χ0) is 29.8. The van der Waals surface area contributed by atoms with Gasteiger partial charge in [-0.2, -0.15) is 0 Å². The average molecular weight is 573 g/mol. The predicted octanol–water partition coefficient (Wildman–Crippen LogP) is 8.65. The van der Waals surface area contributed by atoms with E-state index in [0.29, 0.717) is 31.6 Å². The number of amides is 1. The van der Waals surface area contributed by atoms with E-state index in [4.69, 9.17) is 9.57 Å². The van der Waals surface area contributed by atoms with Gasteiger partial charge in [0, 0.05) is 25.6 Å². The molecule has 0 aliphatic rings. The standard InChI is InChI=1S/C36H48N2O4/c1-3-4-5-6-7-8-9-10-11-15-27-37-36(40)33-22-18-32(19-23-33)29-38(42-30(2)39)28-26-31-20-24-35(25-21-31)41-34-16-13-12-14-17-34/h12-14,16-25H,3-11,15,26-29H2,1-2H3,(H,37,40). The quantitative estimate of drug-likeness (QED) is 0.108. The molecule has 3 aromatic rings.